The van der Waals surface area contributed by atoms with E-state index in [1.165, 1.54) is 0 Å². The number of carbonyl (C=O) groups excluding carboxylic acids is 2. The zero-order chi connectivity index (χ0) is 22.2. The van der Waals surface area contributed by atoms with Gasteiger partial charge in [-0.2, -0.15) is 0 Å². The molecule has 2 aromatic carbocycles. The van der Waals surface area contributed by atoms with Gasteiger partial charge in [0.25, 0.3) is 5.91 Å². The maximum Gasteiger partial charge on any atom is 0.254 e. The molecule has 0 bridgehead atoms. The fraction of sp³-hybridized carbons (Fsp3) is 0.292. The van der Waals surface area contributed by atoms with Crippen LogP contribution in [0.5, 0.6) is 0 Å². The van der Waals surface area contributed by atoms with Gasteiger partial charge in [0.15, 0.2) is 0 Å². The van der Waals surface area contributed by atoms with Gasteiger partial charge in [-0.15, -0.1) is 11.3 Å². The molecule has 0 aliphatic carbocycles. The summed E-state index contributed by atoms with van der Waals surface area (Å²) in [5.74, 6) is 0.484. The lowest BCUT2D eigenvalue weighted by Gasteiger charge is -2.22. The number of nitrogens with one attached hydrogen (secondary N) is 1. The summed E-state index contributed by atoms with van der Waals surface area (Å²) in [7, 11) is 0. The molecule has 162 valence electrons. The fourth-order valence-electron chi connectivity index (χ4n) is 3.07. The molecular weight excluding hydrogens is 426 g/mol. The normalized spacial score (nSPS) is 10.7. The van der Waals surface area contributed by atoms with E-state index < -0.39 is 0 Å². The van der Waals surface area contributed by atoms with Gasteiger partial charge in [-0.1, -0.05) is 49.0 Å². The summed E-state index contributed by atoms with van der Waals surface area (Å²) in [5.41, 5.74) is 4.53. The predicted molar refractivity (Wildman–Crippen MR) is 129 cm³/mol. The maximum atomic E-state index is 13.0. The summed E-state index contributed by atoms with van der Waals surface area (Å²) in [6.07, 6.45) is 0.783. The van der Waals surface area contributed by atoms with Crippen LogP contribution in [0.1, 0.15) is 40.5 Å². The summed E-state index contributed by atoms with van der Waals surface area (Å²) in [6.45, 7) is 6.49. The predicted octanol–water partition coefficient (Wildman–Crippen LogP) is 5.54. The third-order valence-corrected chi connectivity index (χ3v) is 6.91. The highest BCUT2D eigenvalue weighted by atomic mass is 32.2. The minimum atomic E-state index is -0.192. The van der Waals surface area contributed by atoms with Crippen molar-refractivity contribution in [2.75, 3.05) is 18.4 Å². The first-order valence-corrected chi connectivity index (χ1v) is 12.1. The van der Waals surface area contributed by atoms with Crippen LogP contribution in [0.2, 0.25) is 0 Å². The Kier molecular flexibility index (Phi) is 8.26. The van der Waals surface area contributed by atoms with Gasteiger partial charge in [-0.3, -0.25) is 9.59 Å². The van der Waals surface area contributed by atoms with Gasteiger partial charge in [0, 0.05) is 34.6 Å². The molecule has 31 heavy (non-hydrogen) atoms. The van der Waals surface area contributed by atoms with Crippen LogP contribution in [0.15, 0.2) is 58.3 Å². The number of thiazole rings is 1. The summed E-state index contributed by atoms with van der Waals surface area (Å²) in [6, 6.07) is 15.2. The quantitative estimate of drug-likeness (QED) is 0.432. The molecule has 0 aliphatic rings. The van der Waals surface area contributed by atoms with E-state index in [0.29, 0.717) is 12.1 Å². The van der Waals surface area contributed by atoms with E-state index in [9.17, 15) is 9.59 Å². The Balaban J connectivity index is 1.60. The van der Waals surface area contributed by atoms with Crippen molar-refractivity contribution in [3.05, 3.63) is 76.3 Å². The van der Waals surface area contributed by atoms with E-state index in [-0.39, 0.29) is 18.4 Å². The smallest absolute Gasteiger partial charge is 0.254 e. The molecule has 0 saturated carbocycles. The first-order chi connectivity index (χ1) is 15.0. The summed E-state index contributed by atoms with van der Waals surface area (Å²) in [4.78, 5) is 31.6. The number of aromatic nitrogens is 1. The standard InChI is InChI=1S/C24H27N3O2S2/c1-4-13-27(14-22(28)26-21-8-6-5-7-17(21)2)23(29)20-11-9-19(10-12-20)16-31-24-25-18(3)15-30-24/h5-12,15H,4,13-14,16H2,1-3H3,(H,26,28). The Morgan fingerprint density at radius 2 is 1.84 bits per heavy atom. The topological polar surface area (TPSA) is 62.3 Å². The molecule has 7 heteroatoms. The zero-order valence-electron chi connectivity index (χ0n) is 18.1. The van der Waals surface area contributed by atoms with Crippen LogP contribution < -0.4 is 5.32 Å². The van der Waals surface area contributed by atoms with Crippen molar-refractivity contribution in [1.29, 1.82) is 0 Å². The van der Waals surface area contributed by atoms with Crippen LogP contribution in [0.4, 0.5) is 5.69 Å². The van der Waals surface area contributed by atoms with Gasteiger partial charge >= 0.3 is 0 Å². The third kappa shape index (κ3) is 6.67. The van der Waals surface area contributed by atoms with E-state index in [4.69, 9.17) is 0 Å². The Morgan fingerprint density at radius 3 is 2.48 bits per heavy atom. The number of amides is 2. The molecule has 0 saturated heterocycles. The average Bonchev–Trinajstić information content (AvgIpc) is 3.18. The van der Waals surface area contributed by atoms with Crippen molar-refractivity contribution in [3.8, 4) is 0 Å². The molecule has 1 N–H and O–H groups in total. The van der Waals surface area contributed by atoms with Crippen molar-refractivity contribution in [2.45, 2.75) is 37.3 Å². The molecule has 0 aliphatic heterocycles. The maximum absolute atomic E-state index is 13.0. The van der Waals surface area contributed by atoms with Gasteiger partial charge in [-0.25, -0.2) is 4.98 Å². The van der Waals surface area contributed by atoms with Gasteiger partial charge in [0.2, 0.25) is 5.91 Å². The summed E-state index contributed by atoms with van der Waals surface area (Å²) < 4.78 is 1.05. The SMILES string of the molecule is CCCN(CC(=O)Nc1ccccc1C)C(=O)c1ccc(CSc2nc(C)cs2)cc1. The molecule has 0 spiro atoms. The number of hydrogen-bond acceptors (Lipinski definition) is 5. The average molecular weight is 454 g/mol. The van der Waals surface area contributed by atoms with Gasteiger partial charge in [0.1, 0.15) is 10.9 Å². The number of hydrogen-bond donors (Lipinski definition) is 1. The molecule has 0 fully saturated rings. The molecular formula is C24H27N3O2S2. The second kappa shape index (κ2) is 11.1. The van der Waals surface area contributed by atoms with Crippen LogP contribution in [0.25, 0.3) is 0 Å². The number of para-hydroxylation sites is 1. The third-order valence-electron chi connectivity index (χ3n) is 4.70. The van der Waals surface area contributed by atoms with Crippen molar-refractivity contribution in [3.63, 3.8) is 0 Å². The highest BCUT2D eigenvalue weighted by Crippen LogP contribution is 2.26. The van der Waals surface area contributed by atoms with E-state index >= 15 is 0 Å². The van der Waals surface area contributed by atoms with Gasteiger partial charge in [0.05, 0.1) is 0 Å². The number of anilines is 1. The van der Waals surface area contributed by atoms with Crippen LogP contribution in [-0.4, -0.2) is 34.8 Å². The highest BCUT2D eigenvalue weighted by Gasteiger charge is 2.18. The Hall–Kier alpha value is -2.64. The first kappa shape index (κ1) is 23.0. The van der Waals surface area contributed by atoms with Crippen molar-refractivity contribution in [2.24, 2.45) is 0 Å². The second-order valence-corrected chi connectivity index (χ2v) is 9.41. The van der Waals surface area contributed by atoms with E-state index in [2.05, 4.69) is 10.3 Å². The number of rotatable bonds is 9. The van der Waals surface area contributed by atoms with Crippen molar-refractivity contribution in [1.82, 2.24) is 9.88 Å². The number of aryl methyl sites for hydroxylation is 2. The lowest BCUT2D eigenvalue weighted by Crippen LogP contribution is -2.38. The van der Waals surface area contributed by atoms with Gasteiger partial charge < -0.3 is 10.2 Å². The molecule has 3 rings (SSSR count). The summed E-state index contributed by atoms with van der Waals surface area (Å²) in [5, 5.41) is 4.95. The minimum absolute atomic E-state index is 0.0298. The fourth-order valence-corrected chi connectivity index (χ4v) is 4.87. The van der Waals surface area contributed by atoms with Crippen LogP contribution in [0.3, 0.4) is 0 Å². The van der Waals surface area contributed by atoms with Gasteiger partial charge in [-0.05, 0) is 49.6 Å². The van der Waals surface area contributed by atoms with Crippen molar-refractivity contribution >= 4 is 40.6 Å². The van der Waals surface area contributed by atoms with E-state index in [1.54, 1.807) is 28.0 Å². The monoisotopic (exact) mass is 453 g/mol. The molecule has 5 nitrogen and oxygen atoms in total. The zero-order valence-corrected chi connectivity index (χ0v) is 19.7. The molecule has 3 aromatic rings. The van der Waals surface area contributed by atoms with Crippen LogP contribution in [0, 0.1) is 13.8 Å². The lowest BCUT2D eigenvalue weighted by atomic mass is 10.1. The number of thioether (sulfide) groups is 1. The molecule has 0 atom stereocenters. The Labute approximate surface area is 191 Å². The molecule has 1 heterocycles. The van der Waals surface area contributed by atoms with Crippen LogP contribution >= 0.6 is 23.1 Å². The lowest BCUT2D eigenvalue weighted by molar-refractivity contribution is -0.116. The molecule has 1 aromatic heterocycles. The molecule has 0 radical (unpaired) electrons. The second-order valence-electron chi connectivity index (χ2n) is 7.33. The number of benzene rings is 2. The molecule has 2 amide bonds. The molecule has 0 unspecified atom stereocenters. The van der Waals surface area contributed by atoms with E-state index in [1.807, 2.05) is 74.7 Å². The number of carbonyl (C=O) groups is 2. The Morgan fingerprint density at radius 1 is 1.10 bits per heavy atom. The highest BCUT2D eigenvalue weighted by molar-refractivity contribution is 8.00. The largest absolute Gasteiger partial charge is 0.329 e. The Bertz CT molecular complexity index is 1030. The minimum Gasteiger partial charge on any atom is -0.329 e. The van der Waals surface area contributed by atoms with E-state index in [0.717, 1.165) is 39.0 Å². The van der Waals surface area contributed by atoms with Crippen molar-refractivity contribution < 1.29 is 9.59 Å². The first-order valence-electron chi connectivity index (χ1n) is 10.2. The van der Waals surface area contributed by atoms with Crippen LogP contribution in [-0.2, 0) is 10.5 Å². The number of nitrogens with zero attached hydrogens (tertiary/aromatic N) is 2. The summed E-state index contributed by atoms with van der Waals surface area (Å²) >= 11 is 3.34.